The molecule has 0 saturated carbocycles. The number of anilines is 3. The van der Waals surface area contributed by atoms with Gasteiger partial charge in [0.05, 0.1) is 17.6 Å². The predicted molar refractivity (Wildman–Crippen MR) is 136 cm³/mol. The van der Waals surface area contributed by atoms with Crippen molar-refractivity contribution < 1.29 is 18.8 Å². The van der Waals surface area contributed by atoms with Crippen LogP contribution in [-0.2, 0) is 6.61 Å². The Morgan fingerprint density at radius 1 is 1.03 bits per heavy atom. The number of nitrogens with zero attached hydrogens (tertiary/aromatic N) is 4. The Kier molecular flexibility index (Phi) is 11.0. The van der Waals surface area contributed by atoms with Crippen molar-refractivity contribution in [3.63, 3.8) is 0 Å². The summed E-state index contributed by atoms with van der Waals surface area (Å²) in [7, 11) is 0. The van der Waals surface area contributed by atoms with E-state index in [9.17, 15) is 9.18 Å². The van der Waals surface area contributed by atoms with Gasteiger partial charge in [0.15, 0.2) is 6.29 Å². The number of aryl methyl sites for hydroxylation is 1. The fourth-order valence-electron chi connectivity index (χ4n) is 2.59. The molecular formula is C25H28FN7O3. The molecule has 0 bridgehead atoms. The number of ether oxygens (including phenoxy) is 1. The summed E-state index contributed by atoms with van der Waals surface area (Å²) >= 11 is 0. The van der Waals surface area contributed by atoms with Crippen LogP contribution in [0.2, 0.25) is 0 Å². The highest BCUT2D eigenvalue weighted by atomic mass is 19.1. The van der Waals surface area contributed by atoms with Gasteiger partial charge in [-0.1, -0.05) is 26.0 Å². The smallest absolute Gasteiger partial charge is 0.249 e. The van der Waals surface area contributed by atoms with Crippen LogP contribution in [0.4, 0.5) is 21.5 Å². The Morgan fingerprint density at radius 2 is 1.81 bits per heavy atom. The number of rotatable bonds is 7. The summed E-state index contributed by atoms with van der Waals surface area (Å²) in [5.41, 5.74) is 16.3. The lowest BCUT2D eigenvalue weighted by atomic mass is 10.2. The lowest BCUT2D eigenvalue weighted by Crippen LogP contribution is -2.09. The van der Waals surface area contributed by atoms with Gasteiger partial charge >= 0.3 is 0 Å². The summed E-state index contributed by atoms with van der Waals surface area (Å²) in [5.74, 6) is 0.715. The highest BCUT2D eigenvalue weighted by Gasteiger charge is 2.05. The average Bonchev–Trinajstić information content (AvgIpc) is 2.90. The van der Waals surface area contributed by atoms with Crippen molar-refractivity contribution in [2.24, 2.45) is 0 Å². The molecule has 0 atom stereocenters. The van der Waals surface area contributed by atoms with E-state index < -0.39 is 0 Å². The Morgan fingerprint density at radius 3 is 2.50 bits per heavy atom. The molecule has 2 aromatic heterocycles. The average molecular weight is 494 g/mol. The third kappa shape index (κ3) is 8.86. The zero-order chi connectivity index (χ0) is 26.3. The van der Waals surface area contributed by atoms with E-state index in [1.807, 2.05) is 26.0 Å². The van der Waals surface area contributed by atoms with Gasteiger partial charge in [-0.25, -0.2) is 19.8 Å². The van der Waals surface area contributed by atoms with Crippen molar-refractivity contribution in [2.75, 3.05) is 16.9 Å². The second-order valence-corrected chi connectivity index (χ2v) is 6.77. The molecule has 0 saturated heterocycles. The maximum absolute atomic E-state index is 13.3. The third-order valence-electron chi connectivity index (χ3n) is 4.17. The molecule has 0 amide bonds. The van der Waals surface area contributed by atoms with E-state index in [0.717, 1.165) is 0 Å². The fraction of sp³-hybridized carbons (Fsp3) is 0.160. The first-order valence-electron chi connectivity index (χ1n) is 11.0. The number of nitrogens with one attached hydrogen (secondary N) is 1. The first kappa shape index (κ1) is 27.4. The molecule has 0 spiro atoms. The standard InChI is InChI=1S/C12H12N4O2.C11H10FN3O.C2H6/c1-8-14-9(7-17)6-12(15-8)18-16-11-5-3-2-4-10(11)13;12-10-2-1-9(13)5-8(10)7-16-11-6-14-3-4-15-11;1-2/h2-7,16H,13H2,1H3;1-6H,7,13H2;1-2H3. The van der Waals surface area contributed by atoms with Gasteiger partial charge < -0.3 is 21.0 Å². The van der Waals surface area contributed by atoms with E-state index in [0.29, 0.717) is 40.6 Å². The second kappa shape index (κ2) is 14.5. The van der Waals surface area contributed by atoms with Gasteiger partial charge in [-0.05, 0) is 37.3 Å². The maximum Gasteiger partial charge on any atom is 0.249 e. The van der Waals surface area contributed by atoms with Gasteiger partial charge in [0, 0.05) is 29.7 Å². The summed E-state index contributed by atoms with van der Waals surface area (Å²) in [6.45, 7) is 5.76. The van der Waals surface area contributed by atoms with Gasteiger partial charge in [-0.3, -0.25) is 9.78 Å². The Bertz CT molecular complexity index is 1240. The number of benzene rings is 2. The molecule has 10 nitrogen and oxygen atoms in total. The molecule has 0 aliphatic heterocycles. The normalized spacial score (nSPS) is 9.56. The number of nitrogens with two attached hydrogens (primary N) is 2. The number of para-hydroxylation sites is 2. The third-order valence-corrected chi connectivity index (χ3v) is 4.17. The van der Waals surface area contributed by atoms with Crippen LogP contribution in [0.25, 0.3) is 0 Å². The summed E-state index contributed by atoms with van der Waals surface area (Å²) in [4.78, 5) is 31.6. The van der Waals surface area contributed by atoms with Crippen LogP contribution < -0.4 is 26.5 Å². The summed E-state index contributed by atoms with van der Waals surface area (Å²) < 4.78 is 18.6. The second-order valence-electron chi connectivity index (χ2n) is 6.77. The molecule has 2 aromatic carbocycles. The Hall–Kier alpha value is -4.80. The quantitative estimate of drug-likeness (QED) is 0.192. The fourth-order valence-corrected chi connectivity index (χ4v) is 2.59. The van der Waals surface area contributed by atoms with Crippen LogP contribution in [-0.4, -0.2) is 26.2 Å². The molecule has 36 heavy (non-hydrogen) atoms. The first-order chi connectivity index (χ1) is 17.4. The van der Waals surface area contributed by atoms with Crippen molar-refractivity contribution in [2.45, 2.75) is 27.4 Å². The Balaban J connectivity index is 0.000000239. The summed E-state index contributed by atoms with van der Waals surface area (Å²) in [5, 5.41) is 0. The van der Waals surface area contributed by atoms with Gasteiger partial charge in [-0.2, -0.15) is 4.98 Å². The topological polar surface area (TPSA) is 151 Å². The molecular weight excluding hydrogens is 465 g/mol. The largest absolute Gasteiger partial charge is 0.472 e. The number of hydrogen-bond donors (Lipinski definition) is 3. The van der Waals surface area contributed by atoms with E-state index in [1.54, 1.807) is 19.1 Å². The maximum atomic E-state index is 13.3. The van der Waals surface area contributed by atoms with Gasteiger partial charge in [0.25, 0.3) is 0 Å². The van der Waals surface area contributed by atoms with Crippen molar-refractivity contribution >= 4 is 23.3 Å². The molecule has 11 heteroatoms. The highest BCUT2D eigenvalue weighted by molar-refractivity contribution is 5.72. The lowest BCUT2D eigenvalue weighted by Gasteiger charge is -2.09. The van der Waals surface area contributed by atoms with Crippen LogP contribution in [0.5, 0.6) is 11.8 Å². The van der Waals surface area contributed by atoms with Crippen LogP contribution in [0.15, 0.2) is 67.1 Å². The molecule has 188 valence electrons. The van der Waals surface area contributed by atoms with Crippen molar-refractivity contribution in [3.8, 4) is 11.8 Å². The van der Waals surface area contributed by atoms with Crippen molar-refractivity contribution in [3.05, 3.63) is 90.0 Å². The summed E-state index contributed by atoms with van der Waals surface area (Å²) in [6.07, 6.45) is 5.14. The van der Waals surface area contributed by atoms with Gasteiger partial charge in [-0.15, -0.1) is 0 Å². The number of aldehydes is 1. The van der Waals surface area contributed by atoms with Crippen LogP contribution >= 0.6 is 0 Å². The Labute approximate surface area is 208 Å². The molecule has 0 aliphatic rings. The zero-order valence-corrected chi connectivity index (χ0v) is 20.2. The van der Waals surface area contributed by atoms with Gasteiger partial charge in [0.1, 0.15) is 23.9 Å². The predicted octanol–water partition coefficient (Wildman–Crippen LogP) is 4.39. The molecule has 2 heterocycles. The number of aromatic nitrogens is 4. The minimum absolute atomic E-state index is 0.0789. The van der Waals surface area contributed by atoms with Crippen molar-refractivity contribution in [1.82, 2.24) is 19.9 Å². The van der Waals surface area contributed by atoms with Crippen LogP contribution in [0, 0.1) is 12.7 Å². The molecule has 5 N–H and O–H groups in total. The van der Waals surface area contributed by atoms with Gasteiger partial charge in [0.2, 0.25) is 11.8 Å². The van der Waals surface area contributed by atoms with E-state index in [-0.39, 0.29) is 24.0 Å². The molecule has 4 aromatic rings. The number of hydrogen-bond acceptors (Lipinski definition) is 10. The summed E-state index contributed by atoms with van der Waals surface area (Å²) in [6, 6.07) is 12.9. The van der Waals surface area contributed by atoms with Crippen LogP contribution in [0.1, 0.15) is 35.7 Å². The molecule has 0 aliphatic carbocycles. The minimum atomic E-state index is -0.349. The highest BCUT2D eigenvalue weighted by Crippen LogP contribution is 2.18. The zero-order valence-electron chi connectivity index (χ0n) is 20.2. The number of halogens is 1. The van der Waals surface area contributed by atoms with Crippen LogP contribution in [0.3, 0.4) is 0 Å². The first-order valence-corrected chi connectivity index (χ1v) is 11.0. The van der Waals surface area contributed by atoms with E-state index in [4.69, 9.17) is 21.0 Å². The van der Waals surface area contributed by atoms with Crippen molar-refractivity contribution in [1.29, 1.82) is 0 Å². The monoisotopic (exact) mass is 493 g/mol. The minimum Gasteiger partial charge on any atom is -0.472 e. The number of nitrogen functional groups attached to an aromatic ring is 2. The molecule has 4 rings (SSSR count). The number of carbonyl (C=O) groups excluding carboxylic acids is 1. The lowest BCUT2D eigenvalue weighted by molar-refractivity contribution is 0.111. The molecule has 0 radical (unpaired) electrons. The molecule has 0 unspecified atom stereocenters. The van der Waals surface area contributed by atoms with E-state index >= 15 is 0 Å². The number of carbonyl (C=O) groups is 1. The SMILES string of the molecule is CC.Cc1nc(C=O)cc(ONc2ccccc2N)n1.Nc1ccc(F)c(COc2cnccn2)c1. The van der Waals surface area contributed by atoms with E-state index in [1.165, 1.54) is 42.9 Å². The van der Waals surface area contributed by atoms with E-state index in [2.05, 4.69) is 25.4 Å². The molecule has 0 fully saturated rings.